The molecule has 0 saturated heterocycles. The van der Waals surface area contributed by atoms with Crippen LogP contribution in [0.5, 0.6) is 0 Å². The van der Waals surface area contributed by atoms with Gasteiger partial charge in [0.15, 0.2) is 0 Å². The molecular formula is C11H15NO5. The summed E-state index contributed by atoms with van der Waals surface area (Å²) in [5, 5.41) is 38.5. The van der Waals surface area contributed by atoms with Crippen LogP contribution in [0.3, 0.4) is 0 Å². The fourth-order valence-electron chi connectivity index (χ4n) is 1.58. The first kappa shape index (κ1) is 13.6. The summed E-state index contributed by atoms with van der Waals surface area (Å²) in [5.41, 5.74) is 0.786. The maximum Gasteiger partial charge on any atom is 0.272 e. The fraction of sp³-hybridized carbons (Fsp3) is 0.455. The number of benzene rings is 1. The zero-order chi connectivity index (χ0) is 13.0. The predicted octanol–water partition coefficient (Wildman–Crippen LogP) is 0.680. The van der Waals surface area contributed by atoms with E-state index in [2.05, 4.69) is 0 Å². The third-order valence-electron chi connectivity index (χ3n) is 2.55. The smallest absolute Gasteiger partial charge is 0.272 e. The molecule has 94 valence electrons. The van der Waals surface area contributed by atoms with Gasteiger partial charge in [-0.3, -0.25) is 10.1 Å². The lowest BCUT2D eigenvalue weighted by Gasteiger charge is -2.17. The average molecular weight is 241 g/mol. The summed E-state index contributed by atoms with van der Waals surface area (Å²) in [7, 11) is 0. The first-order valence-corrected chi connectivity index (χ1v) is 5.19. The van der Waals surface area contributed by atoms with Crippen molar-refractivity contribution in [3.05, 3.63) is 39.4 Å². The monoisotopic (exact) mass is 241 g/mol. The minimum absolute atomic E-state index is 0.0300. The number of nitro groups is 1. The second-order valence-electron chi connectivity index (χ2n) is 3.83. The Balaban J connectivity index is 2.93. The van der Waals surface area contributed by atoms with Gasteiger partial charge >= 0.3 is 0 Å². The third kappa shape index (κ3) is 3.23. The number of aliphatic hydroxyl groups is 3. The molecule has 0 aliphatic heterocycles. The average Bonchev–Trinajstić information content (AvgIpc) is 2.27. The van der Waals surface area contributed by atoms with Crippen LogP contribution in [0.25, 0.3) is 0 Å². The number of aliphatic hydroxyl groups excluding tert-OH is 3. The third-order valence-corrected chi connectivity index (χ3v) is 2.55. The van der Waals surface area contributed by atoms with Crippen LogP contribution in [0.4, 0.5) is 5.69 Å². The first-order valence-electron chi connectivity index (χ1n) is 5.19. The molecule has 2 atom stereocenters. The van der Waals surface area contributed by atoms with Gasteiger partial charge in [-0.2, -0.15) is 0 Å². The lowest BCUT2D eigenvalue weighted by atomic mass is 10.00. The zero-order valence-electron chi connectivity index (χ0n) is 9.41. The summed E-state index contributed by atoms with van der Waals surface area (Å²) in [5.74, 6) is 0. The van der Waals surface area contributed by atoms with Crippen LogP contribution in [-0.2, 0) is 0 Å². The van der Waals surface area contributed by atoms with Crippen LogP contribution in [0.15, 0.2) is 18.2 Å². The topological polar surface area (TPSA) is 104 Å². The summed E-state index contributed by atoms with van der Waals surface area (Å²) < 4.78 is 0. The summed E-state index contributed by atoms with van der Waals surface area (Å²) in [6, 6.07) is 4.15. The van der Waals surface area contributed by atoms with E-state index in [1.165, 1.54) is 18.2 Å². The van der Waals surface area contributed by atoms with Crippen molar-refractivity contribution >= 4 is 5.69 Å². The van der Waals surface area contributed by atoms with Gasteiger partial charge in [0.1, 0.15) is 6.10 Å². The Morgan fingerprint density at radius 2 is 2.06 bits per heavy atom. The number of hydrogen-bond acceptors (Lipinski definition) is 5. The highest BCUT2D eigenvalue weighted by atomic mass is 16.6. The van der Waals surface area contributed by atoms with Gasteiger partial charge in [-0.25, -0.2) is 0 Å². The number of nitrogens with zero attached hydrogens (tertiary/aromatic N) is 1. The maximum absolute atomic E-state index is 10.6. The molecule has 0 spiro atoms. The SMILES string of the molecule is Cc1cc(C(O)C(O)CCO)ccc1[N+](=O)[O-]. The van der Waals surface area contributed by atoms with Gasteiger partial charge in [-0.05, 0) is 31.0 Å². The lowest BCUT2D eigenvalue weighted by Crippen LogP contribution is -2.19. The normalized spacial score (nSPS) is 14.4. The molecule has 1 aromatic carbocycles. The van der Waals surface area contributed by atoms with Crippen LogP contribution in [-0.4, -0.2) is 33.0 Å². The van der Waals surface area contributed by atoms with Gasteiger partial charge in [-0.1, -0.05) is 0 Å². The van der Waals surface area contributed by atoms with E-state index in [9.17, 15) is 20.3 Å². The highest BCUT2D eigenvalue weighted by molar-refractivity contribution is 5.42. The molecule has 0 aromatic heterocycles. The largest absolute Gasteiger partial charge is 0.396 e. The van der Waals surface area contributed by atoms with Gasteiger partial charge in [-0.15, -0.1) is 0 Å². The van der Waals surface area contributed by atoms with Crippen molar-refractivity contribution in [3.63, 3.8) is 0 Å². The van der Waals surface area contributed by atoms with Crippen molar-refractivity contribution in [3.8, 4) is 0 Å². The molecule has 1 aromatic rings. The van der Waals surface area contributed by atoms with Crippen LogP contribution >= 0.6 is 0 Å². The van der Waals surface area contributed by atoms with Crippen LogP contribution in [0.2, 0.25) is 0 Å². The second-order valence-corrected chi connectivity index (χ2v) is 3.83. The van der Waals surface area contributed by atoms with Crippen LogP contribution < -0.4 is 0 Å². The fourth-order valence-corrected chi connectivity index (χ4v) is 1.58. The van der Waals surface area contributed by atoms with Crippen molar-refractivity contribution in [2.24, 2.45) is 0 Å². The van der Waals surface area contributed by atoms with Crippen LogP contribution in [0, 0.1) is 17.0 Å². The van der Waals surface area contributed by atoms with Gasteiger partial charge in [0.25, 0.3) is 5.69 Å². The molecule has 0 saturated carbocycles. The minimum Gasteiger partial charge on any atom is -0.396 e. The van der Waals surface area contributed by atoms with E-state index >= 15 is 0 Å². The molecule has 17 heavy (non-hydrogen) atoms. The molecule has 3 N–H and O–H groups in total. The molecule has 0 heterocycles. The molecule has 6 nitrogen and oxygen atoms in total. The van der Waals surface area contributed by atoms with Gasteiger partial charge < -0.3 is 15.3 Å². The Labute approximate surface area is 98.3 Å². The van der Waals surface area contributed by atoms with E-state index in [1.54, 1.807) is 6.92 Å². The standard InChI is InChI=1S/C11H15NO5/c1-7-6-8(2-3-9(7)12(16)17)11(15)10(14)4-5-13/h2-3,6,10-11,13-15H,4-5H2,1H3. The van der Waals surface area contributed by atoms with E-state index < -0.39 is 17.1 Å². The Hall–Kier alpha value is -1.50. The van der Waals surface area contributed by atoms with Gasteiger partial charge in [0.05, 0.1) is 11.0 Å². The zero-order valence-corrected chi connectivity index (χ0v) is 9.41. The maximum atomic E-state index is 10.6. The van der Waals surface area contributed by atoms with Crippen molar-refractivity contribution < 1.29 is 20.2 Å². The van der Waals surface area contributed by atoms with Gasteiger partial charge in [0.2, 0.25) is 0 Å². The van der Waals surface area contributed by atoms with Crippen molar-refractivity contribution in [2.45, 2.75) is 25.6 Å². The second kappa shape index (κ2) is 5.72. The molecular weight excluding hydrogens is 226 g/mol. The minimum atomic E-state index is -1.15. The quantitative estimate of drug-likeness (QED) is 0.519. The number of hydrogen-bond donors (Lipinski definition) is 3. The first-order chi connectivity index (χ1) is 7.97. The molecule has 6 heteroatoms. The Morgan fingerprint density at radius 1 is 1.41 bits per heavy atom. The van der Waals surface area contributed by atoms with E-state index in [0.29, 0.717) is 11.1 Å². The van der Waals surface area contributed by atoms with E-state index in [0.717, 1.165) is 0 Å². The molecule has 0 bridgehead atoms. The number of nitro benzene ring substituents is 1. The highest BCUT2D eigenvalue weighted by Crippen LogP contribution is 2.25. The highest BCUT2D eigenvalue weighted by Gasteiger charge is 2.20. The summed E-state index contributed by atoms with van der Waals surface area (Å²) >= 11 is 0. The predicted molar refractivity (Wildman–Crippen MR) is 60.5 cm³/mol. The van der Waals surface area contributed by atoms with Crippen LogP contribution in [0.1, 0.15) is 23.7 Å². The lowest BCUT2D eigenvalue weighted by molar-refractivity contribution is -0.385. The van der Waals surface area contributed by atoms with E-state index in [4.69, 9.17) is 5.11 Å². The van der Waals surface area contributed by atoms with E-state index in [-0.39, 0.29) is 18.7 Å². The molecule has 2 unspecified atom stereocenters. The van der Waals surface area contributed by atoms with Gasteiger partial charge in [0, 0.05) is 18.2 Å². The molecule has 1 rings (SSSR count). The molecule has 0 aliphatic carbocycles. The molecule has 0 radical (unpaired) electrons. The Kier molecular flexibility index (Phi) is 4.56. The summed E-state index contributed by atoms with van der Waals surface area (Å²) in [6.45, 7) is 1.33. The number of rotatable bonds is 5. The summed E-state index contributed by atoms with van der Waals surface area (Å²) in [4.78, 5) is 10.1. The number of aryl methyl sites for hydroxylation is 1. The molecule has 0 aliphatic rings. The van der Waals surface area contributed by atoms with Crippen molar-refractivity contribution in [1.82, 2.24) is 0 Å². The van der Waals surface area contributed by atoms with E-state index in [1.807, 2.05) is 0 Å². The Bertz CT molecular complexity index is 407. The Morgan fingerprint density at radius 3 is 2.53 bits per heavy atom. The molecule has 0 amide bonds. The molecule has 0 fully saturated rings. The van der Waals surface area contributed by atoms with Crippen molar-refractivity contribution in [2.75, 3.05) is 6.61 Å². The summed E-state index contributed by atoms with van der Waals surface area (Å²) in [6.07, 6.45) is -2.18. The van der Waals surface area contributed by atoms with Crippen molar-refractivity contribution in [1.29, 1.82) is 0 Å².